The summed E-state index contributed by atoms with van der Waals surface area (Å²) in [5.74, 6) is 0.262. The van der Waals surface area contributed by atoms with Crippen LogP contribution in [-0.2, 0) is 11.0 Å². The molecule has 0 radical (unpaired) electrons. The second kappa shape index (κ2) is 5.52. The van der Waals surface area contributed by atoms with Gasteiger partial charge < -0.3 is 9.80 Å². The topological polar surface area (TPSA) is 39.7 Å². The maximum absolute atomic E-state index is 12.9. The Balaban J connectivity index is 2.08. The number of carbonyl (C=O) groups is 1. The third-order valence-corrected chi connectivity index (χ3v) is 4.90. The number of hydrogen-bond acceptors (Lipinski definition) is 4. The monoisotopic (exact) mass is 426 g/mol. The Kier molecular flexibility index (Phi) is 3.96. The minimum Gasteiger partial charge on any atom is -0.349 e. The largest absolute Gasteiger partial charge is 0.417 e. The normalized spacial score (nSPS) is 23.1. The van der Waals surface area contributed by atoms with Crippen molar-refractivity contribution in [3.63, 3.8) is 0 Å². The number of amides is 1. The van der Waals surface area contributed by atoms with Crippen molar-refractivity contribution in [2.24, 2.45) is 0 Å². The molecule has 1 fully saturated rings. The van der Waals surface area contributed by atoms with E-state index in [1.165, 1.54) is 11.9 Å². The van der Waals surface area contributed by atoms with Crippen molar-refractivity contribution in [3.8, 4) is 0 Å². The predicted molar refractivity (Wildman–Crippen MR) is 84.0 cm³/mol. The van der Waals surface area contributed by atoms with Crippen LogP contribution in [0.2, 0.25) is 0 Å². The highest BCUT2D eigenvalue weighted by atomic mass is 127. The number of piperazine rings is 1. The molecule has 2 aliphatic rings. The van der Waals surface area contributed by atoms with Crippen LogP contribution in [0.3, 0.4) is 0 Å². The number of nitrogens with zero attached hydrogens (tertiary/aromatic N) is 4. The molecule has 120 valence electrons. The molecule has 0 aromatic carbocycles. The molecule has 22 heavy (non-hydrogen) atoms. The van der Waals surface area contributed by atoms with Crippen molar-refractivity contribution < 1.29 is 18.0 Å². The van der Waals surface area contributed by atoms with E-state index in [4.69, 9.17) is 0 Å². The molecule has 1 saturated heterocycles. The Morgan fingerprint density at radius 3 is 2.77 bits per heavy atom. The molecule has 2 aliphatic heterocycles. The number of hydrogen-bond donors (Lipinski definition) is 0. The predicted octanol–water partition coefficient (Wildman–Crippen LogP) is 2.31. The molecular formula is C13H14F3IN4O. The quantitative estimate of drug-likeness (QED) is 0.472. The number of halogens is 4. The molecule has 3 rings (SSSR count). The average Bonchev–Trinajstić information content (AvgIpc) is 2.54. The van der Waals surface area contributed by atoms with Gasteiger partial charge in [-0.2, -0.15) is 13.2 Å². The zero-order valence-corrected chi connectivity index (χ0v) is 13.9. The Bertz CT molecular complexity index is 609. The maximum Gasteiger partial charge on any atom is 0.417 e. The van der Waals surface area contributed by atoms with Crippen molar-refractivity contribution in [2.45, 2.75) is 18.6 Å². The lowest BCUT2D eigenvalue weighted by atomic mass is 10.1. The zero-order chi connectivity index (χ0) is 16.1. The van der Waals surface area contributed by atoms with Gasteiger partial charge in [0.2, 0.25) is 5.91 Å². The van der Waals surface area contributed by atoms with Gasteiger partial charge in [0.05, 0.1) is 17.3 Å². The number of aromatic nitrogens is 1. The summed E-state index contributed by atoms with van der Waals surface area (Å²) in [6.07, 6.45) is -3.36. The first-order valence-corrected chi connectivity index (χ1v) is 7.75. The van der Waals surface area contributed by atoms with Crippen molar-refractivity contribution >= 4 is 40.3 Å². The van der Waals surface area contributed by atoms with E-state index in [1.807, 2.05) is 4.90 Å². The number of fused-ring (bicyclic) bond motifs is 3. The Morgan fingerprint density at radius 2 is 2.09 bits per heavy atom. The summed E-state index contributed by atoms with van der Waals surface area (Å²) < 4.78 is 40.8. The second-order valence-corrected chi connectivity index (χ2v) is 6.80. The van der Waals surface area contributed by atoms with Crippen LogP contribution in [0, 0.1) is 0 Å². The molecule has 5 nitrogen and oxygen atoms in total. The fraction of sp³-hybridized carbons (Fsp3) is 0.538. The van der Waals surface area contributed by atoms with Crippen LogP contribution in [-0.4, -0.2) is 46.7 Å². The average molecular weight is 426 g/mol. The molecule has 1 aromatic heterocycles. The van der Waals surface area contributed by atoms with Crippen molar-refractivity contribution in [1.29, 1.82) is 0 Å². The van der Waals surface area contributed by atoms with Gasteiger partial charge in [0, 0.05) is 62.2 Å². The van der Waals surface area contributed by atoms with Crippen LogP contribution in [0.25, 0.3) is 0 Å². The minimum absolute atomic E-state index is 0.0638. The zero-order valence-electron chi connectivity index (χ0n) is 11.8. The molecule has 1 amide bonds. The molecule has 0 unspecified atom stereocenters. The van der Waals surface area contributed by atoms with Crippen molar-refractivity contribution in [1.82, 2.24) is 8.10 Å². The maximum atomic E-state index is 12.9. The van der Waals surface area contributed by atoms with Gasteiger partial charge in [0.1, 0.15) is 0 Å². The lowest BCUT2D eigenvalue weighted by molar-refractivity contribution is -0.137. The SMILES string of the molecule is CN1C(=O)C[C@@H]2CN(I)CCN2c2ncc(C(F)(F)F)cc21. The highest BCUT2D eigenvalue weighted by molar-refractivity contribution is 14.1. The van der Waals surface area contributed by atoms with Crippen molar-refractivity contribution in [2.75, 3.05) is 36.5 Å². The van der Waals surface area contributed by atoms with Gasteiger partial charge in [0.25, 0.3) is 0 Å². The Morgan fingerprint density at radius 1 is 1.36 bits per heavy atom. The van der Waals surface area contributed by atoms with Gasteiger partial charge in [-0.3, -0.25) is 4.79 Å². The summed E-state index contributed by atoms with van der Waals surface area (Å²) in [5.41, 5.74) is -0.610. The van der Waals surface area contributed by atoms with E-state index in [1.54, 1.807) is 0 Å². The Labute approximate surface area is 139 Å². The second-order valence-electron chi connectivity index (χ2n) is 5.44. The molecule has 3 heterocycles. The van der Waals surface area contributed by atoms with Crippen LogP contribution in [0.1, 0.15) is 12.0 Å². The summed E-state index contributed by atoms with van der Waals surface area (Å²) in [7, 11) is 1.50. The van der Waals surface area contributed by atoms with Gasteiger partial charge in [-0.1, -0.05) is 0 Å². The number of anilines is 2. The summed E-state index contributed by atoms with van der Waals surface area (Å²) in [6, 6.07) is 0.949. The number of carbonyl (C=O) groups excluding carboxylic acids is 1. The van der Waals surface area contributed by atoms with E-state index in [-0.39, 0.29) is 24.1 Å². The first-order chi connectivity index (χ1) is 10.3. The molecular weight excluding hydrogens is 412 g/mol. The molecule has 0 aliphatic carbocycles. The van der Waals surface area contributed by atoms with E-state index in [0.29, 0.717) is 18.9 Å². The molecule has 0 saturated carbocycles. The molecule has 1 aromatic rings. The fourth-order valence-electron chi connectivity index (χ4n) is 2.81. The summed E-state index contributed by atoms with van der Waals surface area (Å²) >= 11 is 2.20. The van der Waals surface area contributed by atoms with E-state index in [2.05, 4.69) is 31.0 Å². The minimum atomic E-state index is -4.47. The first kappa shape index (κ1) is 15.8. The Hall–Kier alpha value is -1.10. The third kappa shape index (κ3) is 2.75. The highest BCUT2D eigenvalue weighted by Crippen LogP contribution is 2.38. The van der Waals surface area contributed by atoms with E-state index in [9.17, 15) is 18.0 Å². The lowest BCUT2D eigenvalue weighted by Crippen LogP contribution is -2.50. The van der Waals surface area contributed by atoms with Gasteiger partial charge in [-0.15, -0.1) is 0 Å². The van der Waals surface area contributed by atoms with Crippen LogP contribution in [0.4, 0.5) is 24.7 Å². The molecule has 0 spiro atoms. The van der Waals surface area contributed by atoms with Crippen LogP contribution >= 0.6 is 22.9 Å². The first-order valence-electron chi connectivity index (χ1n) is 6.78. The number of rotatable bonds is 0. The van der Waals surface area contributed by atoms with Gasteiger partial charge in [-0.05, 0) is 6.07 Å². The molecule has 1 atom stereocenters. The molecule has 9 heteroatoms. The number of alkyl halides is 3. The van der Waals surface area contributed by atoms with Gasteiger partial charge >= 0.3 is 6.18 Å². The number of pyridine rings is 1. The van der Waals surface area contributed by atoms with Gasteiger partial charge in [0.15, 0.2) is 5.82 Å². The standard InChI is InChI=1S/C13H14F3IN4O/c1-19-10-4-8(13(14,15)16)6-18-12(10)21-3-2-20(17)7-9(21)5-11(19)22/h4,6,9H,2-3,5,7H2,1H3/t9-/m1/s1. The van der Waals surface area contributed by atoms with E-state index < -0.39 is 11.7 Å². The van der Waals surface area contributed by atoms with Crippen LogP contribution < -0.4 is 9.80 Å². The smallest absolute Gasteiger partial charge is 0.349 e. The lowest BCUT2D eigenvalue weighted by Gasteiger charge is -2.38. The third-order valence-electron chi connectivity index (χ3n) is 4.03. The van der Waals surface area contributed by atoms with E-state index >= 15 is 0 Å². The molecule has 0 N–H and O–H groups in total. The van der Waals surface area contributed by atoms with Crippen LogP contribution in [0.15, 0.2) is 12.3 Å². The fourth-order valence-corrected chi connectivity index (χ4v) is 3.48. The summed E-state index contributed by atoms with van der Waals surface area (Å²) in [4.78, 5) is 19.5. The van der Waals surface area contributed by atoms with Gasteiger partial charge in [-0.25, -0.2) is 8.10 Å². The van der Waals surface area contributed by atoms with Crippen molar-refractivity contribution in [3.05, 3.63) is 17.8 Å². The summed E-state index contributed by atoms with van der Waals surface area (Å²) in [5, 5.41) is 0. The van der Waals surface area contributed by atoms with E-state index in [0.717, 1.165) is 18.8 Å². The molecule has 0 bridgehead atoms. The van der Waals surface area contributed by atoms with Crippen LogP contribution in [0.5, 0.6) is 0 Å². The highest BCUT2D eigenvalue weighted by Gasteiger charge is 2.38. The summed E-state index contributed by atoms with van der Waals surface area (Å²) in [6.45, 7) is 2.10.